The highest BCUT2D eigenvalue weighted by atomic mass is 16.4. The molecular weight excluding hydrogens is 296 g/mol. The van der Waals surface area contributed by atoms with Gasteiger partial charge in [0.1, 0.15) is 0 Å². The van der Waals surface area contributed by atoms with Crippen LogP contribution < -0.4 is 0 Å². The Balaban J connectivity index is 3.71. The van der Waals surface area contributed by atoms with E-state index in [9.17, 15) is 4.79 Å². The van der Waals surface area contributed by atoms with Crippen LogP contribution in [-0.4, -0.2) is 11.1 Å². The van der Waals surface area contributed by atoms with E-state index >= 15 is 0 Å². The summed E-state index contributed by atoms with van der Waals surface area (Å²) in [4.78, 5) is 10.8. The average molecular weight is 331 g/mol. The molecule has 24 heavy (non-hydrogen) atoms. The average Bonchev–Trinajstić information content (AvgIpc) is 2.57. The summed E-state index contributed by atoms with van der Waals surface area (Å²) in [6, 6.07) is 0. The Bertz CT molecular complexity index is 451. The van der Waals surface area contributed by atoms with Crippen LogP contribution >= 0.6 is 0 Å². The fraction of sp³-hybridized carbons (Fsp3) is 0.500. The standard InChI is InChI=1S/C22H34O2/c1-3-5-6-7-8-9-10-11-12-13-14-15-16-17-18-19-20-21(4-2)22(23)24/h12-20H,3-11H2,1-2H3,(H,23,24)/b13-12?,15-14?,17-16+,19-18-,21-20-. The summed E-state index contributed by atoms with van der Waals surface area (Å²) in [5.41, 5.74) is 0.420. The maximum atomic E-state index is 10.8. The van der Waals surface area contributed by atoms with Crippen molar-refractivity contribution in [3.63, 3.8) is 0 Å². The predicted octanol–water partition coefficient (Wildman–Crippen LogP) is 6.77. The summed E-state index contributed by atoms with van der Waals surface area (Å²) >= 11 is 0. The van der Waals surface area contributed by atoms with Crippen molar-refractivity contribution in [3.05, 3.63) is 60.3 Å². The zero-order valence-corrected chi connectivity index (χ0v) is 15.4. The number of hydrogen-bond acceptors (Lipinski definition) is 1. The van der Waals surface area contributed by atoms with Gasteiger partial charge in [0, 0.05) is 5.57 Å². The summed E-state index contributed by atoms with van der Waals surface area (Å²) in [5, 5.41) is 8.86. The Kier molecular flexibility index (Phi) is 16.2. The van der Waals surface area contributed by atoms with Crippen molar-refractivity contribution in [2.75, 3.05) is 0 Å². The summed E-state index contributed by atoms with van der Waals surface area (Å²) in [6.07, 6.45) is 28.5. The zero-order valence-electron chi connectivity index (χ0n) is 15.4. The molecule has 0 saturated heterocycles. The van der Waals surface area contributed by atoms with Crippen LogP contribution in [0.25, 0.3) is 0 Å². The van der Waals surface area contributed by atoms with Crippen molar-refractivity contribution in [2.45, 2.75) is 71.6 Å². The van der Waals surface area contributed by atoms with Crippen molar-refractivity contribution < 1.29 is 9.90 Å². The van der Waals surface area contributed by atoms with Gasteiger partial charge in [0.25, 0.3) is 0 Å². The second-order valence-electron chi connectivity index (χ2n) is 5.84. The third kappa shape index (κ3) is 15.1. The van der Waals surface area contributed by atoms with Gasteiger partial charge < -0.3 is 5.11 Å². The Morgan fingerprint density at radius 1 is 0.750 bits per heavy atom. The lowest BCUT2D eigenvalue weighted by atomic mass is 10.1. The molecule has 0 aromatic rings. The van der Waals surface area contributed by atoms with Gasteiger partial charge in [0.05, 0.1) is 0 Å². The van der Waals surface area contributed by atoms with E-state index in [1.165, 1.54) is 44.9 Å². The molecule has 0 heterocycles. The van der Waals surface area contributed by atoms with Crippen molar-refractivity contribution in [1.29, 1.82) is 0 Å². The van der Waals surface area contributed by atoms with Crippen LogP contribution in [0.2, 0.25) is 0 Å². The van der Waals surface area contributed by atoms with E-state index in [2.05, 4.69) is 19.1 Å². The Labute approximate surface area is 148 Å². The van der Waals surface area contributed by atoms with Gasteiger partial charge in [0.15, 0.2) is 0 Å². The fourth-order valence-electron chi connectivity index (χ4n) is 2.23. The third-order valence-electron chi connectivity index (χ3n) is 3.73. The van der Waals surface area contributed by atoms with Crippen LogP contribution in [0.15, 0.2) is 60.3 Å². The number of aliphatic carboxylic acids is 1. The minimum absolute atomic E-state index is 0.420. The summed E-state index contributed by atoms with van der Waals surface area (Å²) < 4.78 is 0. The Morgan fingerprint density at radius 2 is 1.29 bits per heavy atom. The maximum absolute atomic E-state index is 10.8. The number of carboxylic acid groups (broad SMARTS) is 1. The molecule has 0 aromatic carbocycles. The number of allylic oxidation sites excluding steroid dienone is 9. The van der Waals surface area contributed by atoms with Crippen molar-refractivity contribution in [3.8, 4) is 0 Å². The van der Waals surface area contributed by atoms with Crippen molar-refractivity contribution in [2.24, 2.45) is 0 Å². The van der Waals surface area contributed by atoms with E-state index in [4.69, 9.17) is 5.11 Å². The molecule has 0 unspecified atom stereocenters. The lowest BCUT2D eigenvalue weighted by Crippen LogP contribution is -1.97. The molecule has 2 nitrogen and oxygen atoms in total. The highest BCUT2D eigenvalue weighted by Crippen LogP contribution is 2.08. The minimum atomic E-state index is -0.850. The SMILES string of the molecule is CCCCCCCCCC=CC=C/C=C/C=C\C=C(\CC)C(=O)O. The predicted molar refractivity (Wildman–Crippen MR) is 105 cm³/mol. The second-order valence-corrected chi connectivity index (χ2v) is 5.84. The van der Waals surface area contributed by atoms with Crippen LogP contribution in [0.1, 0.15) is 71.6 Å². The molecule has 0 spiro atoms. The van der Waals surface area contributed by atoms with E-state index in [0.717, 1.165) is 6.42 Å². The Morgan fingerprint density at radius 3 is 1.88 bits per heavy atom. The smallest absolute Gasteiger partial charge is 0.331 e. The van der Waals surface area contributed by atoms with Gasteiger partial charge in [-0.25, -0.2) is 4.79 Å². The molecule has 134 valence electrons. The van der Waals surface area contributed by atoms with Crippen LogP contribution in [0, 0.1) is 0 Å². The largest absolute Gasteiger partial charge is 0.478 e. The quantitative estimate of drug-likeness (QED) is 0.217. The topological polar surface area (TPSA) is 37.3 Å². The van der Waals surface area contributed by atoms with E-state index in [1.807, 2.05) is 37.3 Å². The van der Waals surface area contributed by atoms with Gasteiger partial charge in [-0.15, -0.1) is 0 Å². The first-order valence-corrected chi connectivity index (χ1v) is 9.31. The van der Waals surface area contributed by atoms with E-state index in [0.29, 0.717) is 12.0 Å². The van der Waals surface area contributed by atoms with Crippen molar-refractivity contribution in [1.82, 2.24) is 0 Å². The number of unbranched alkanes of at least 4 members (excludes halogenated alkanes) is 7. The molecule has 0 atom stereocenters. The number of carbonyl (C=O) groups is 1. The van der Waals surface area contributed by atoms with Crippen LogP contribution in [0.4, 0.5) is 0 Å². The van der Waals surface area contributed by atoms with Crippen LogP contribution in [-0.2, 0) is 4.79 Å². The molecular formula is C22H34O2. The first-order chi connectivity index (χ1) is 11.7. The van der Waals surface area contributed by atoms with Crippen molar-refractivity contribution >= 4 is 5.97 Å². The van der Waals surface area contributed by atoms with E-state index in [1.54, 1.807) is 12.2 Å². The van der Waals surface area contributed by atoms with Gasteiger partial charge >= 0.3 is 5.97 Å². The van der Waals surface area contributed by atoms with Crippen LogP contribution in [0.3, 0.4) is 0 Å². The minimum Gasteiger partial charge on any atom is -0.478 e. The molecule has 0 rings (SSSR count). The summed E-state index contributed by atoms with van der Waals surface area (Å²) in [5.74, 6) is -0.850. The number of hydrogen-bond donors (Lipinski definition) is 1. The lowest BCUT2D eigenvalue weighted by Gasteiger charge is -1.98. The molecule has 0 fully saturated rings. The lowest BCUT2D eigenvalue weighted by molar-refractivity contribution is -0.132. The van der Waals surface area contributed by atoms with E-state index in [-0.39, 0.29) is 0 Å². The van der Waals surface area contributed by atoms with Crippen LogP contribution in [0.5, 0.6) is 0 Å². The first-order valence-electron chi connectivity index (χ1n) is 9.31. The van der Waals surface area contributed by atoms with Gasteiger partial charge in [0.2, 0.25) is 0 Å². The van der Waals surface area contributed by atoms with Gasteiger partial charge in [-0.05, 0) is 19.3 Å². The molecule has 1 N–H and O–H groups in total. The highest BCUT2D eigenvalue weighted by Gasteiger charge is 2.00. The molecule has 0 saturated carbocycles. The molecule has 0 aliphatic heterocycles. The maximum Gasteiger partial charge on any atom is 0.331 e. The normalized spacial score (nSPS) is 13.2. The van der Waals surface area contributed by atoms with Gasteiger partial charge in [-0.2, -0.15) is 0 Å². The van der Waals surface area contributed by atoms with Gasteiger partial charge in [-0.3, -0.25) is 0 Å². The zero-order chi connectivity index (χ0) is 17.9. The molecule has 0 radical (unpaired) electrons. The fourth-order valence-corrected chi connectivity index (χ4v) is 2.23. The van der Waals surface area contributed by atoms with E-state index < -0.39 is 5.97 Å². The van der Waals surface area contributed by atoms with Gasteiger partial charge in [-0.1, -0.05) is 107 Å². The molecule has 0 aliphatic rings. The first kappa shape index (κ1) is 22.2. The molecule has 0 aliphatic carbocycles. The summed E-state index contributed by atoms with van der Waals surface area (Å²) in [7, 11) is 0. The summed E-state index contributed by atoms with van der Waals surface area (Å²) in [6.45, 7) is 4.09. The highest BCUT2D eigenvalue weighted by molar-refractivity contribution is 5.86. The third-order valence-corrected chi connectivity index (χ3v) is 3.73. The molecule has 0 amide bonds. The molecule has 0 aromatic heterocycles. The molecule has 0 bridgehead atoms. The monoisotopic (exact) mass is 330 g/mol. The number of carboxylic acids is 1. The Hall–Kier alpha value is -1.83. The number of rotatable bonds is 14. The molecule has 2 heteroatoms. The second kappa shape index (κ2) is 17.5.